The number of aryl methyl sites for hydroxylation is 1. The topological polar surface area (TPSA) is 66.6 Å². The number of aliphatic hydroxyl groups is 1. The summed E-state index contributed by atoms with van der Waals surface area (Å²) < 4.78 is 1.94. The maximum Gasteiger partial charge on any atom is 0.226 e. The van der Waals surface area contributed by atoms with E-state index in [1.165, 1.54) is 11.3 Å². The van der Waals surface area contributed by atoms with Crippen molar-refractivity contribution in [2.45, 2.75) is 45.8 Å². The maximum atomic E-state index is 12.0. The summed E-state index contributed by atoms with van der Waals surface area (Å²) >= 11 is 1.52. The van der Waals surface area contributed by atoms with Gasteiger partial charge in [0, 0.05) is 17.3 Å². The molecule has 1 unspecified atom stereocenters. The highest BCUT2D eigenvalue weighted by atomic mass is 32.1. The van der Waals surface area contributed by atoms with E-state index in [4.69, 9.17) is 0 Å². The van der Waals surface area contributed by atoms with Crippen molar-refractivity contribution in [3.8, 4) is 0 Å². The Bertz CT molecular complexity index is 598. The molecule has 0 spiro atoms. The molecule has 6 heteroatoms. The van der Waals surface area contributed by atoms with E-state index in [1.54, 1.807) is 20.8 Å². The molecule has 0 aliphatic rings. The Morgan fingerprint density at radius 2 is 2.32 bits per heavy atom. The number of imidazole rings is 1. The predicted molar refractivity (Wildman–Crippen MR) is 75.4 cm³/mol. The fraction of sp³-hybridized carbons (Fsp3) is 0.538. The third-order valence-corrected chi connectivity index (χ3v) is 4.14. The van der Waals surface area contributed by atoms with E-state index in [0.29, 0.717) is 0 Å². The number of nitrogens with zero attached hydrogens (tertiary/aromatic N) is 2. The fourth-order valence-corrected chi connectivity index (χ4v) is 2.66. The lowest BCUT2D eigenvalue weighted by Crippen LogP contribution is -2.51. The third kappa shape index (κ3) is 2.96. The van der Waals surface area contributed by atoms with Gasteiger partial charge in [0.15, 0.2) is 4.96 Å². The molecule has 0 bridgehead atoms. The van der Waals surface area contributed by atoms with Crippen molar-refractivity contribution in [2.24, 2.45) is 0 Å². The van der Waals surface area contributed by atoms with Crippen LogP contribution < -0.4 is 5.32 Å². The van der Waals surface area contributed by atoms with Crippen molar-refractivity contribution in [3.63, 3.8) is 0 Å². The van der Waals surface area contributed by atoms with Gasteiger partial charge < -0.3 is 10.4 Å². The van der Waals surface area contributed by atoms with Crippen molar-refractivity contribution >= 4 is 22.2 Å². The van der Waals surface area contributed by atoms with Crippen LogP contribution >= 0.6 is 11.3 Å². The molecule has 0 saturated heterocycles. The lowest BCUT2D eigenvalue weighted by atomic mass is 9.98. The van der Waals surface area contributed by atoms with Crippen LogP contribution in [0.2, 0.25) is 0 Å². The first-order valence-electron chi connectivity index (χ1n) is 6.21. The molecule has 0 radical (unpaired) electrons. The molecule has 1 atom stereocenters. The number of amides is 1. The van der Waals surface area contributed by atoms with E-state index in [-0.39, 0.29) is 12.3 Å². The Morgan fingerprint density at radius 3 is 2.95 bits per heavy atom. The minimum atomic E-state index is -0.628. The molecule has 104 valence electrons. The summed E-state index contributed by atoms with van der Waals surface area (Å²) in [4.78, 5) is 17.3. The summed E-state index contributed by atoms with van der Waals surface area (Å²) in [7, 11) is 0. The second-order valence-corrected chi connectivity index (χ2v) is 6.22. The van der Waals surface area contributed by atoms with Gasteiger partial charge in [-0.15, -0.1) is 11.3 Å². The Kier molecular flexibility index (Phi) is 3.64. The molecule has 2 aromatic heterocycles. The molecular weight excluding hydrogens is 262 g/mol. The lowest BCUT2D eigenvalue weighted by Gasteiger charge is -2.29. The molecule has 0 saturated carbocycles. The molecule has 0 fully saturated rings. The normalized spacial score (nSPS) is 13.7. The minimum absolute atomic E-state index is 0.100. The molecule has 19 heavy (non-hydrogen) atoms. The van der Waals surface area contributed by atoms with Crippen LogP contribution in [-0.4, -0.2) is 32.0 Å². The number of hydrogen-bond donors (Lipinski definition) is 2. The zero-order valence-electron chi connectivity index (χ0n) is 11.6. The number of fused-ring (bicyclic) bond motifs is 1. The van der Waals surface area contributed by atoms with Gasteiger partial charge in [-0.2, -0.15) is 0 Å². The van der Waals surface area contributed by atoms with Crippen LogP contribution in [-0.2, 0) is 11.2 Å². The number of aliphatic hydroxyl groups excluding tert-OH is 1. The first kappa shape index (κ1) is 14.0. The van der Waals surface area contributed by atoms with E-state index in [1.807, 2.05) is 22.9 Å². The molecule has 5 nitrogen and oxygen atoms in total. The van der Waals surface area contributed by atoms with E-state index in [2.05, 4.69) is 10.3 Å². The molecule has 0 aliphatic carbocycles. The third-order valence-electron chi connectivity index (χ3n) is 3.25. The Balaban J connectivity index is 2.11. The smallest absolute Gasteiger partial charge is 0.226 e. The van der Waals surface area contributed by atoms with Crippen LogP contribution in [0.4, 0.5) is 0 Å². The minimum Gasteiger partial charge on any atom is -0.391 e. The van der Waals surface area contributed by atoms with Gasteiger partial charge in [0.2, 0.25) is 5.91 Å². The number of hydrogen-bond acceptors (Lipinski definition) is 4. The van der Waals surface area contributed by atoms with Crippen LogP contribution in [0.15, 0.2) is 11.6 Å². The Morgan fingerprint density at radius 1 is 1.63 bits per heavy atom. The Labute approximate surface area is 116 Å². The van der Waals surface area contributed by atoms with Crippen LogP contribution in [0.1, 0.15) is 32.2 Å². The average molecular weight is 281 g/mol. The molecule has 2 heterocycles. The molecule has 2 rings (SSSR count). The fourth-order valence-electron chi connectivity index (χ4n) is 1.74. The van der Waals surface area contributed by atoms with Crippen molar-refractivity contribution in [1.29, 1.82) is 0 Å². The second kappa shape index (κ2) is 4.94. The van der Waals surface area contributed by atoms with E-state index in [0.717, 1.165) is 16.3 Å². The molecule has 0 aliphatic heterocycles. The average Bonchev–Trinajstić information content (AvgIpc) is 2.78. The second-order valence-electron chi connectivity index (χ2n) is 5.38. The quantitative estimate of drug-likeness (QED) is 0.893. The number of nitrogens with one attached hydrogen (secondary N) is 1. The molecular formula is C13H19N3O2S. The van der Waals surface area contributed by atoms with E-state index in [9.17, 15) is 9.90 Å². The van der Waals surface area contributed by atoms with Crippen LogP contribution in [0.25, 0.3) is 4.96 Å². The van der Waals surface area contributed by atoms with Crippen molar-refractivity contribution in [3.05, 3.63) is 23.0 Å². The van der Waals surface area contributed by atoms with Crippen LogP contribution in [0, 0.1) is 6.92 Å². The van der Waals surface area contributed by atoms with Gasteiger partial charge in [0.05, 0.1) is 23.8 Å². The van der Waals surface area contributed by atoms with Crippen molar-refractivity contribution < 1.29 is 9.90 Å². The molecule has 1 amide bonds. The number of carbonyl (C=O) groups excluding carboxylic acids is 1. The first-order valence-corrected chi connectivity index (χ1v) is 7.08. The molecule has 2 aromatic rings. The van der Waals surface area contributed by atoms with E-state index >= 15 is 0 Å². The van der Waals surface area contributed by atoms with Gasteiger partial charge in [0.1, 0.15) is 0 Å². The summed E-state index contributed by atoms with van der Waals surface area (Å²) in [6.07, 6.45) is 1.61. The summed E-state index contributed by atoms with van der Waals surface area (Å²) in [6, 6.07) is 0. The predicted octanol–water partition coefficient (Wildman–Crippen LogP) is 1.52. The first-order chi connectivity index (χ1) is 8.79. The standard InChI is InChI=1S/C13H19N3O2S/c1-8-6-16-10(7-19-12(16)14-8)5-11(18)15-13(3,4)9(2)17/h6-7,9,17H,5H2,1-4H3,(H,15,18). The summed E-state index contributed by atoms with van der Waals surface area (Å²) in [5.41, 5.74) is 1.23. The van der Waals surface area contributed by atoms with Gasteiger partial charge in [0.25, 0.3) is 0 Å². The molecule has 2 N–H and O–H groups in total. The van der Waals surface area contributed by atoms with Crippen molar-refractivity contribution in [2.75, 3.05) is 0 Å². The van der Waals surface area contributed by atoms with Crippen LogP contribution in [0.5, 0.6) is 0 Å². The SMILES string of the molecule is Cc1cn2c(CC(=O)NC(C)(C)C(C)O)csc2n1. The monoisotopic (exact) mass is 281 g/mol. The number of carbonyl (C=O) groups is 1. The van der Waals surface area contributed by atoms with Crippen LogP contribution in [0.3, 0.4) is 0 Å². The zero-order valence-corrected chi connectivity index (χ0v) is 12.4. The number of aromatic nitrogens is 2. The highest BCUT2D eigenvalue weighted by molar-refractivity contribution is 7.15. The summed E-state index contributed by atoms with van der Waals surface area (Å²) in [5.74, 6) is -0.100. The summed E-state index contributed by atoms with van der Waals surface area (Å²) in [5, 5.41) is 14.4. The van der Waals surface area contributed by atoms with Gasteiger partial charge in [-0.05, 0) is 27.7 Å². The van der Waals surface area contributed by atoms with Gasteiger partial charge in [-0.1, -0.05) is 0 Å². The largest absolute Gasteiger partial charge is 0.391 e. The van der Waals surface area contributed by atoms with Gasteiger partial charge in [-0.3, -0.25) is 9.20 Å². The lowest BCUT2D eigenvalue weighted by molar-refractivity contribution is -0.123. The Hall–Kier alpha value is -1.40. The van der Waals surface area contributed by atoms with E-state index < -0.39 is 11.6 Å². The molecule has 0 aromatic carbocycles. The highest BCUT2D eigenvalue weighted by Crippen LogP contribution is 2.17. The zero-order chi connectivity index (χ0) is 14.2. The number of thiazole rings is 1. The highest BCUT2D eigenvalue weighted by Gasteiger charge is 2.26. The van der Waals surface area contributed by atoms with Gasteiger partial charge >= 0.3 is 0 Å². The summed E-state index contributed by atoms with van der Waals surface area (Å²) in [6.45, 7) is 7.21. The van der Waals surface area contributed by atoms with Gasteiger partial charge in [-0.25, -0.2) is 4.98 Å². The van der Waals surface area contributed by atoms with Crippen molar-refractivity contribution in [1.82, 2.24) is 14.7 Å². The maximum absolute atomic E-state index is 12.0. The number of rotatable bonds is 4.